The molecule has 1 heterocycles. The maximum atomic E-state index is 13.3. The lowest BCUT2D eigenvalue weighted by molar-refractivity contribution is -0.132. The number of aromatic nitrogens is 2. The van der Waals surface area contributed by atoms with Crippen molar-refractivity contribution in [1.82, 2.24) is 14.7 Å². The molecule has 0 fully saturated rings. The van der Waals surface area contributed by atoms with Gasteiger partial charge in [0.05, 0.1) is 5.69 Å². The molecule has 34 heavy (non-hydrogen) atoms. The summed E-state index contributed by atoms with van der Waals surface area (Å²) < 4.78 is 1.27. The number of nitrogens with zero attached hydrogens (tertiary/aromatic N) is 3. The van der Waals surface area contributed by atoms with Gasteiger partial charge in [-0.2, -0.15) is 5.10 Å². The van der Waals surface area contributed by atoms with Crippen molar-refractivity contribution in [3.05, 3.63) is 124 Å². The first kappa shape index (κ1) is 23.2. The number of carbonyl (C=O) groups excluding carboxylic acids is 1. The van der Waals surface area contributed by atoms with Gasteiger partial charge in [-0.1, -0.05) is 91.9 Å². The van der Waals surface area contributed by atoms with Crippen LogP contribution in [0, 0.1) is 0 Å². The molecular weight excluding hydrogens is 422 g/mol. The van der Waals surface area contributed by atoms with Crippen LogP contribution in [0.2, 0.25) is 0 Å². The van der Waals surface area contributed by atoms with Crippen molar-refractivity contribution < 1.29 is 4.79 Å². The minimum atomic E-state index is -0.287. The first-order chi connectivity index (χ1) is 16.6. The highest BCUT2D eigenvalue weighted by Gasteiger charge is 2.16. The summed E-state index contributed by atoms with van der Waals surface area (Å²) in [6.45, 7) is 3.06. The minimum Gasteiger partial charge on any atom is -0.336 e. The Bertz CT molecular complexity index is 1270. The van der Waals surface area contributed by atoms with Crippen LogP contribution < -0.4 is 5.56 Å². The molecule has 0 spiro atoms. The summed E-state index contributed by atoms with van der Waals surface area (Å²) in [5.74, 6) is -0.132. The van der Waals surface area contributed by atoms with Crippen molar-refractivity contribution in [2.45, 2.75) is 32.9 Å². The molecule has 0 N–H and O–H groups in total. The lowest BCUT2D eigenvalue weighted by Crippen LogP contribution is -2.38. The Labute approximate surface area is 200 Å². The predicted octanol–water partition coefficient (Wildman–Crippen LogP) is 4.74. The molecule has 1 aromatic heterocycles. The van der Waals surface area contributed by atoms with Gasteiger partial charge in [0.1, 0.15) is 6.54 Å². The van der Waals surface area contributed by atoms with Gasteiger partial charge in [-0.15, -0.1) is 0 Å². The van der Waals surface area contributed by atoms with Gasteiger partial charge in [0.25, 0.3) is 5.56 Å². The van der Waals surface area contributed by atoms with E-state index in [0.717, 1.165) is 24.0 Å². The molecule has 0 radical (unpaired) electrons. The van der Waals surface area contributed by atoms with E-state index in [-0.39, 0.29) is 18.0 Å². The van der Waals surface area contributed by atoms with Crippen LogP contribution in [0.5, 0.6) is 0 Å². The van der Waals surface area contributed by atoms with E-state index in [4.69, 9.17) is 0 Å². The topological polar surface area (TPSA) is 55.2 Å². The van der Waals surface area contributed by atoms with Gasteiger partial charge < -0.3 is 4.90 Å². The second-order valence-electron chi connectivity index (χ2n) is 8.30. The van der Waals surface area contributed by atoms with Gasteiger partial charge >= 0.3 is 0 Å². The van der Waals surface area contributed by atoms with E-state index in [9.17, 15) is 9.59 Å². The molecule has 4 aromatic rings. The Morgan fingerprint density at radius 3 is 2.09 bits per heavy atom. The van der Waals surface area contributed by atoms with E-state index in [0.29, 0.717) is 18.8 Å². The van der Waals surface area contributed by atoms with Crippen molar-refractivity contribution in [3.8, 4) is 11.3 Å². The molecule has 0 aliphatic rings. The number of carbonyl (C=O) groups is 1. The molecule has 0 saturated carbocycles. The van der Waals surface area contributed by atoms with Crippen LogP contribution in [-0.4, -0.2) is 27.1 Å². The smallest absolute Gasteiger partial charge is 0.267 e. The minimum absolute atomic E-state index is 0.0959. The summed E-state index contributed by atoms with van der Waals surface area (Å²) in [5, 5.41) is 4.50. The third-order valence-corrected chi connectivity index (χ3v) is 5.89. The van der Waals surface area contributed by atoms with Crippen LogP contribution in [0.25, 0.3) is 11.3 Å². The van der Waals surface area contributed by atoms with Gasteiger partial charge in [0.2, 0.25) is 5.91 Å². The van der Waals surface area contributed by atoms with Gasteiger partial charge in [0.15, 0.2) is 0 Å². The van der Waals surface area contributed by atoms with Gasteiger partial charge in [-0.05, 0) is 35.6 Å². The molecule has 0 atom stereocenters. The Kier molecular flexibility index (Phi) is 7.66. The number of hydrogen-bond donors (Lipinski definition) is 0. The zero-order chi connectivity index (χ0) is 23.8. The summed E-state index contributed by atoms with van der Waals surface area (Å²) >= 11 is 0. The Morgan fingerprint density at radius 1 is 0.794 bits per heavy atom. The number of amides is 1. The molecule has 0 unspecified atom stereocenters. The van der Waals surface area contributed by atoms with Crippen LogP contribution in [0.1, 0.15) is 23.6 Å². The van der Waals surface area contributed by atoms with Gasteiger partial charge in [-0.25, -0.2) is 4.68 Å². The van der Waals surface area contributed by atoms with Gasteiger partial charge in [-0.3, -0.25) is 9.59 Å². The summed E-state index contributed by atoms with van der Waals surface area (Å²) in [6, 6.07) is 31.3. The summed E-state index contributed by atoms with van der Waals surface area (Å²) in [5.41, 5.74) is 4.76. The fraction of sp³-hybridized carbons (Fsp3) is 0.207. The van der Waals surface area contributed by atoms with E-state index < -0.39 is 0 Å². The lowest BCUT2D eigenvalue weighted by atomic mass is 10.1. The Hall–Kier alpha value is -3.99. The monoisotopic (exact) mass is 451 g/mol. The average molecular weight is 452 g/mol. The normalized spacial score (nSPS) is 10.7. The van der Waals surface area contributed by atoms with E-state index in [2.05, 4.69) is 36.3 Å². The van der Waals surface area contributed by atoms with E-state index in [1.54, 1.807) is 11.0 Å². The fourth-order valence-corrected chi connectivity index (χ4v) is 3.86. The third-order valence-electron chi connectivity index (χ3n) is 5.89. The van der Waals surface area contributed by atoms with Crippen LogP contribution in [0.4, 0.5) is 0 Å². The molecule has 3 aromatic carbocycles. The maximum absolute atomic E-state index is 13.3. The number of hydrogen-bond acceptors (Lipinski definition) is 3. The number of rotatable bonds is 9. The SMILES string of the molecule is CCc1ccc(-c2ccc(=O)n(CC(=O)N(CCc3ccccc3)Cc3ccccc3)n2)cc1. The molecule has 1 amide bonds. The van der Waals surface area contributed by atoms with Crippen molar-refractivity contribution in [2.75, 3.05) is 6.54 Å². The third kappa shape index (κ3) is 6.07. The summed E-state index contributed by atoms with van der Waals surface area (Å²) in [6.07, 6.45) is 1.70. The highest BCUT2D eigenvalue weighted by molar-refractivity contribution is 5.76. The van der Waals surface area contributed by atoms with E-state index in [1.165, 1.54) is 21.9 Å². The molecule has 4 rings (SSSR count). The molecular formula is C29H29N3O2. The van der Waals surface area contributed by atoms with E-state index >= 15 is 0 Å². The summed E-state index contributed by atoms with van der Waals surface area (Å²) in [7, 11) is 0. The predicted molar refractivity (Wildman–Crippen MR) is 135 cm³/mol. The van der Waals surface area contributed by atoms with Crippen molar-refractivity contribution in [1.29, 1.82) is 0 Å². The number of aryl methyl sites for hydroxylation is 1. The second-order valence-corrected chi connectivity index (χ2v) is 8.30. The Balaban J connectivity index is 1.54. The van der Waals surface area contributed by atoms with Crippen LogP contribution in [-0.2, 0) is 30.7 Å². The molecule has 0 aliphatic heterocycles. The summed E-state index contributed by atoms with van der Waals surface area (Å²) in [4.78, 5) is 27.7. The van der Waals surface area contributed by atoms with Crippen LogP contribution in [0.15, 0.2) is 102 Å². The molecule has 5 heteroatoms. The molecule has 5 nitrogen and oxygen atoms in total. The Morgan fingerprint density at radius 2 is 1.44 bits per heavy atom. The van der Waals surface area contributed by atoms with Crippen molar-refractivity contribution in [3.63, 3.8) is 0 Å². The molecule has 172 valence electrons. The lowest BCUT2D eigenvalue weighted by Gasteiger charge is -2.23. The second kappa shape index (κ2) is 11.2. The zero-order valence-corrected chi connectivity index (χ0v) is 19.4. The standard InChI is InChI=1S/C29H29N3O2/c1-2-23-13-15-26(16-14-23)27-17-18-28(33)32(30-27)22-29(34)31(21-25-11-7-4-8-12-25)20-19-24-9-5-3-6-10-24/h3-18H,2,19-22H2,1H3. The highest BCUT2D eigenvalue weighted by Crippen LogP contribution is 2.16. The van der Waals surface area contributed by atoms with Crippen molar-refractivity contribution >= 4 is 5.91 Å². The fourth-order valence-electron chi connectivity index (χ4n) is 3.86. The number of benzene rings is 3. The maximum Gasteiger partial charge on any atom is 0.267 e. The van der Waals surface area contributed by atoms with Gasteiger partial charge in [0, 0.05) is 24.7 Å². The highest BCUT2D eigenvalue weighted by atomic mass is 16.2. The first-order valence-electron chi connectivity index (χ1n) is 11.7. The largest absolute Gasteiger partial charge is 0.336 e. The molecule has 0 aliphatic carbocycles. The van der Waals surface area contributed by atoms with Crippen LogP contribution in [0.3, 0.4) is 0 Å². The first-order valence-corrected chi connectivity index (χ1v) is 11.7. The quantitative estimate of drug-likeness (QED) is 0.369. The molecule has 0 bridgehead atoms. The zero-order valence-electron chi connectivity index (χ0n) is 19.4. The van der Waals surface area contributed by atoms with Crippen LogP contribution >= 0.6 is 0 Å². The van der Waals surface area contributed by atoms with Crippen molar-refractivity contribution in [2.24, 2.45) is 0 Å². The average Bonchev–Trinajstić information content (AvgIpc) is 2.89. The molecule has 0 saturated heterocycles. The van der Waals surface area contributed by atoms with E-state index in [1.807, 2.05) is 60.7 Å².